The number of hydrogen-bond donors (Lipinski definition) is 3. The molecule has 11 heteroatoms. The molecule has 2 aromatic heterocycles. The van der Waals surface area contributed by atoms with Crippen molar-refractivity contribution in [1.29, 1.82) is 0 Å². The highest BCUT2D eigenvalue weighted by Gasteiger charge is 2.52. The third kappa shape index (κ3) is 5.32. The zero-order chi connectivity index (χ0) is 32.4. The lowest BCUT2D eigenvalue weighted by Gasteiger charge is -2.28. The number of carbonyl (C=O) groups is 2. The predicted octanol–water partition coefficient (Wildman–Crippen LogP) is 4.80. The zero-order valence-corrected chi connectivity index (χ0v) is 26.4. The van der Waals surface area contributed by atoms with Crippen molar-refractivity contribution in [2.24, 2.45) is 7.05 Å². The van der Waals surface area contributed by atoms with Gasteiger partial charge in [0.25, 0.3) is 5.91 Å². The Morgan fingerprint density at radius 3 is 2.64 bits per heavy atom. The Morgan fingerprint density at radius 2 is 1.94 bits per heavy atom. The van der Waals surface area contributed by atoms with Crippen LogP contribution in [0.25, 0.3) is 22.4 Å². The number of phenols is 1. The average Bonchev–Trinajstić information content (AvgIpc) is 3.46. The molecule has 8 rings (SSSR count). The maximum absolute atomic E-state index is 14.9. The number of fused-ring (bicyclic) bond motifs is 3. The van der Waals surface area contributed by atoms with E-state index in [1.165, 1.54) is 6.07 Å². The van der Waals surface area contributed by atoms with E-state index >= 15 is 0 Å². The molecule has 4 atom stereocenters. The number of pyridine rings is 1. The molecule has 47 heavy (non-hydrogen) atoms. The number of aromatic hydroxyl groups is 1. The van der Waals surface area contributed by atoms with Crippen molar-refractivity contribution in [1.82, 2.24) is 19.9 Å². The van der Waals surface area contributed by atoms with Gasteiger partial charge >= 0.3 is 0 Å². The van der Waals surface area contributed by atoms with Gasteiger partial charge in [-0.1, -0.05) is 18.2 Å². The second-order valence-corrected chi connectivity index (χ2v) is 13.4. The summed E-state index contributed by atoms with van der Waals surface area (Å²) in [4.78, 5) is 38.3. The van der Waals surface area contributed by atoms with Crippen LogP contribution in [0.4, 0.5) is 15.9 Å². The van der Waals surface area contributed by atoms with Gasteiger partial charge in [-0.05, 0) is 85.5 Å². The summed E-state index contributed by atoms with van der Waals surface area (Å²) in [5.74, 6) is -0.681. The first kappa shape index (κ1) is 29.6. The molecule has 2 bridgehead atoms. The Bertz CT molecular complexity index is 1880. The van der Waals surface area contributed by atoms with Crippen molar-refractivity contribution in [2.75, 3.05) is 23.4 Å². The van der Waals surface area contributed by atoms with Crippen molar-refractivity contribution < 1.29 is 23.8 Å². The second kappa shape index (κ2) is 11.2. The fourth-order valence-corrected chi connectivity index (χ4v) is 7.51. The molecular formula is C36H37FN6O4. The van der Waals surface area contributed by atoms with E-state index in [-0.39, 0.29) is 30.6 Å². The maximum atomic E-state index is 14.9. The minimum atomic E-state index is -1.93. The van der Waals surface area contributed by atoms with Crippen molar-refractivity contribution in [3.05, 3.63) is 77.9 Å². The number of halogens is 1. The topological polar surface area (TPSA) is 122 Å². The van der Waals surface area contributed by atoms with Crippen LogP contribution in [0.15, 0.2) is 61.1 Å². The van der Waals surface area contributed by atoms with Crippen LogP contribution in [0.5, 0.6) is 5.75 Å². The highest BCUT2D eigenvalue weighted by molar-refractivity contribution is 6.00. The molecule has 4 heterocycles. The Labute approximate surface area is 272 Å². The summed E-state index contributed by atoms with van der Waals surface area (Å²) in [7, 11) is 1.85. The van der Waals surface area contributed by atoms with Crippen LogP contribution in [0.2, 0.25) is 0 Å². The minimum absolute atomic E-state index is 0.0161. The highest BCUT2D eigenvalue weighted by Crippen LogP contribution is 2.43. The Morgan fingerprint density at radius 1 is 1.11 bits per heavy atom. The van der Waals surface area contributed by atoms with Crippen molar-refractivity contribution >= 4 is 23.3 Å². The lowest BCUT2D eigenvalue weighted by atomic mass is 9.90. The third-order valence-electron chi connectivity index (χ3n) is 10.3. The molecule has 1 unspecified atom stereocenters. The van der Waals surface area contributed by atoms with Crippen molar-refractivity contribution in [2.45, 2.75) is 68.8 Å². The van der Waals surface area contributed by atoms with E-state index in [1.54, 1.807) is 18.5 Å². The van der Waals surface area contributed by atoms with E-state index < -0.39 is 23.5 Å². The number of benzene rings is 2. The van der Waals surface area contributed by atoms with E-state index in [1.807, 2.05) is 30.8 Å². The zero-order valence-electron chi connectivity index (χ0n) is 26.4. The highest BCUT2D eigenvalue weighted by atomic mass is 19.1. The lowest BCUT2D eigenvalue weighted by molar-refractivity contribution is -0.131. The van der Waals surface area contributed by atoms with Crippen LogP contribution >= 0.6 is 0 Å². The number of phenolic OH excluding ortho intramolecular Hbond substituents is 1. The van der Waals surface area contributed by atoms with E-state index in [4.69, 9.17) is 4.74 Å². The number of anilines is 2. The number of carbonyl (C=O) groups excluding carboxylic acids is 2. The van der Waals surface area contributed by atoms with Crippen molar-refractivity contribution in [3.8, 4) is 28.1 Å². The maximum Gasteiger partial charge on any atom is 0.258 e. The normalized spacial score (nSPS) is 22.6. The molecule has 0 spiro atoms. The van der Waals surface area contributed by atoms with Gasteiger partial charge in [-0.3, -0.25) is 9.59 Å². The van der Waals surface area contributed by atoms with Gasteiger partial charge in [0.15, 0.2) is 5.67 Å². The first-order valence-corrected chi connectivity index (χ1v) is 16.3. The van der Waals surface area contributed by atoms with Crippen LogP contribution in [0, 0.1) is 6.92 Å². The molecule has 2 aliphatic heterocycles. The molecule has 10 nitrogen and oxygen atoms in total. The fourth-order valence-electron chi connectivity index (χ4n) is 7.51. The molecule has 4 aromatic rings. The van der Waals surface area contributed by atoms with Gasteiger partial charge in [-0.25, -0.2) is 14.4 Å². The van der Waals surface area contributed by atoms with Gasteiger partial charge in [-0.15, -0.1) is 0 Å². The van der Waals surface area contributed by atoms with Gasteiger partial charge in [0.2, 0.25) is 5.91 Å². The van der Waals surface area contributed by atoms with Gasteiger partial charge in [-0.2, -0.15) is 0 Å². The monoisotopic (exact) mass is 636 g/mol. The average molecular weight is 637 g/mol. The quantitative estimate of drug-likeness (QED) is 0.254. The predicted molar refractivity (Wildman–Crippen MR) is 175 cm³/mol. The summed E-state index contributed by atoms with van der Waals surface area (Å²) >= 11 is 0. The molecule has 2 saturated heterocycles. The number of imidazole rings is 1. The van der Waals surface area contributed by atoms with Crippen LogP contribution in [-0.2, 0) is 27.8 Å². The molecule has 1 saturated carbocycles. The number of aromatic nitrogens is 3. The molecular weight excluding hydrogens is 599 g/mol. The van der Waals surface area contributed by atoms with Crippen LogP contribution in [0.1, 0.15) is 48.4 Å². The van der Waals surface area contributed by atoms with Gasteiger partial charge in [0.1, 0.15) is 17.6 Å². The number of rotatable bonds is 8. The number of aryl methyl sites for hydroxylation is 3. The summed E-state index contributed by atoms with van der Waals surface area (Å²) in [6.07, 6.45) is 6.44. The molecule has 2 amide bonds. The van der Waals surface area contributed by atoms with E-state index in [2.05, 4.69) is 49.8 Å². The van der Waals surface area contributed by atoms with E-state index in [9.17, 15) is 19.1 Å². The lowest BCUT2D eigenvalue weighted by Crippen LogP contribution is -2.50. The third-order valence-corrected chi connectivity index (χ3v) is 10.3. The number of ether oxygens (including phenoxy) is 1. The second-order valence-electron chi connectivity index (χ2n) is 13.4. The minimum Gasteiger partial charge on any atom is -0.507 e. The largest absolute Gasteiger partial charge is 0.507 e. The number of hydrogen-bond acceptors (Lipinski definition) is 7. The van der Waals surface area contributed by atoms with Crippen molar-refractivity contribution in [3.63, 3.8) is 0 Å². The molecule has 3 N–H and O–H groups in total. The molecule has 3 fully saturated rings. The summed E-state index contributed by atoms with van der Waals surface area (Å²) in [6, 6.07) is 14.6. The van der Waals surface area contributed by atoms with Crippen LogP contribution in [0.3, 0.4) is 0 Å². The van der Waals surface area contributed by atoms with Gasteiger partial charge in [0, 0.05) is 43.0 Å². The summed E-state index contributed by atoms with van der Waals surface area (Å²) in [5, 5.41) is 16.6. The Balaban J connectivity index is 1.08. The number of nitrogens with zero attached hydrogens (tertiary/aromatic N) is 4. The Kier molecular flexibility index (Phi) is 7.05. The smallest absolute Gasteiger partial charge is 0.258 e. The summed E-state index contributed by atoms with van der Waals surface area (Å²) < 4.78 is 22.5. The van der Waals surface area contributed by atoms with E-state index in [0.29, 0.717) is 23.7 Å². The number of morpholine rings is 1. The first-order valence-electron chi connectivity index (χ1n) is 16.3. The first-order chi connectivity index (χ1) is 22.7. The van der Waals surface area contributed by atoms with Crippen LogP contribution < -0.4 is 15.5 Å². The molecule has 4 aliphatic rings. The molecule has 0 radical (unpaired) electrons. The Hall–Kier alpha value is -4.77. The number of nitrogens with one attached hydrogen (secondary N) is 2. The molecule has 242 valence electrons. The SMILES string of the molecule is Cc1ncn(C)c1-c1ccc(NC(=O)C(NC(=O)C2(F)CC2)[C@@H]2CCc3ccc(-c4ccnc(N5C[C@@H]6C[C@H]5CO6)c4)cc32)cc1O. The van der Waals surface area contributed by atoms with E-state index in [0.717, 1.165) is 65.5 Å². The molecule has 2 aliphatic carbocycles. The number of alkyl halides is 1. The van der Waals surface area contributed by atoms with Crippen LogP contribution in [-0.4, -0.2) is 68.5 Å². The summed E-state index contributed by atoms with van der Waals surface area (Å²) in [6.45, 7) is 3.42. The fraction of sp³-hybridized carbons (Fsp3) is 0.389. The number of amides is 2. The standard InChI is InChI=1S/C36H37FN6O4/c1-20-33(42(2)19-39-20)28-8-6-24(15-30(28)44)40-34(45)32(41-35(46)36(37)10-11-36)27-7-5-21-3-4-22(13-29(21)27)23-9-12-38-31(14-23)43-17-26-16-25(43)18-47-26/h3-4,6,8-9,12-15,19,25-27,32,44H,5,7,10-11,16-18H2,1-2H3,(H,40,45)(H,41,46)/t25-,26-,27+,32?/m0/s1. The van der Waals surface area contributed by atoms with Gasteiger partial charge < -0.3 is 29.9 Å². The molecule has 2 aromatic carbocycles. The van der Waals surface area contributed by atoms with Gasteiger partial charge in [0.05, 0.1) is 36.5 Å². The summed E-state index contributed by atoms with van der Waals surface area (Å²) in [5.41, 5.74) is 4.61.